The molecular formula is C18H23NO4S. The second kappa shape index (κ2) is 7.59. The zero-order chi connectivity index (χ0) is 17.1. The van der Waals surface area contributed by atoms with E-state index in [9.17, 15) is 9.90 Å². The van der Waals surface area contributed by atoms with Gasteiger partial charge in [0.25, 0.3) is 0 Å². The lowest BCUT2D eigenvalue weighted by molar-refractivity contribution is -0.133. The summed E-state index contributed by atoms with van der Waals surface area (Å²) in [6.45, 7) is 5.27. The van der Waals surface area contributed by atoms with Gasteiger partial charge in [-0.1, -0.05) is 13.8 Å². The van der Waals surface area contributed by atoms with E-state index in [0.29, 0.717) is 12.2 Å². The van der Waals surface area contributed by atoms with Crippen LogP contribution in [0, 0.1) is 5.92 Å². The molecule has 5 nitrogen and oxygen atoms in total. The lowest BCUT2D eigenvalue weighted by Crippen LogP contribution is -2.30. The molecule has 1 aromatic heterocycles. The Kier molecular flexibility index (Phi) is 5.48. The number of hydrogen-bond donors (Lipinski definition) is 1. The smallest absolute Gasteiger partial charge is 0.331 e. The molecule has 1 aromatic rings. The third-order valence-corrected chi connectivity index (χ3v) is 5.72. The molecule has 3 atom stereocenters. The number of aryl methyl sites for hydroxylation is 1. The topological polar surface area (TPSA) is 68.7 Å². The third kappa shape index (κ3) is 3.77. The molecule has 0 amide bonds. The number of thiazole rings is 1. The molecule has 1 fully saturated rings. The van der Waals surface area contributed by atoms with Gasteiger partial charge in [-0.05, 0) is 31.4 Å². The van der Waals surface area contributed by atoms with Crippen LogP contribution in [0.15, 0.2) is 23.9 Å². The van der Waals surface area contributed by atoms with Crippen molar-refractivity contribution in [3.05, 3.63) is 33.8 Å². The van der Waals surface area contributed by atoms with E-state index < -0.39 is 5.97 Å². The highest BCUT2D eigenvalue weighted by molar-refractivity contribution is 7.12. The third-order valence-electron chi connectivity index (χ3n) is 4.53. The Hall–Kier alpha value is -1.50. The van der Waals surface area contributed by atoms with E-state index >= 15 is 0 Å². The van der Waals surface area contributed by atoms with Gasteiger partial charge in [0.15, 0.2) is 0 Å². The highest BCUT2D eigenvalue weighted by Gasteiger charge is 2.30. The molecule has 1 saturated heterocycles. The summed E-state index contributed by atoms with van der Waals surface area (Å²) in [6.07, 6.45) is 8.45. The van der Waals surface area contributed by atoms with Crippen molar-refractivity contribution in [1.29, 1.82) is 0 Å². The molecule has 3 rings (SSSR count). The number of rotatable bonds is 6. The van der Waals surface area contributed by atoms with E-state index in [-0.39, 0.29) is 18.1 Å². The number of nitrogens with zero attached hydrogens (tertiary/aromatic N) is 1. The van der Waals surface area contributed by atoms with Gasteiger partial charge in [-0.2, -0.15) is 0 Å². The van der Waals surface area contributed by atoms with Crippen LogP contribution in [0.5, 0.6) is 0 Å². The number of aromatic nitrogens is 1. The molecule has 1 aliphatic heterocycles. The quantitative estimate of drug-likeness (QED) is 0.853. The first-order valence-electron chi connectivity index (χ1n) is 8.43. The van der Waals surface area contributed by atoms with Crippen LogP contribution in [0.25, 0.3) is 5.57 Å². The van der Waals surface area contributed by atoms with Gasteiger partial charge in [-0.3, -0.25) is 0 Å². The van der Waals surface area contributed by atoms with Crippen molar-refractivity contribution in [1.82, 2.24) is 4.98 Å². The van der Waals surface area contributed by atoms with Crippen molar-refractivity contribution in [3.8, 4) is 0 Å². The molecule has 2 aliphatic rings. The van der Waals surface area contributed by atoms with Crippen LogP contribution < -0.4 is 0 Å². The van der Waals surface area contributed by atoms with Crippen molar-refractivity contribution >= 4 is 22.9 Å². The Balaban J connectivity index is 1.81. The summed E-state index contributed by atoms with van der Waals surface area (Å²) in [6, 6.07) is 0. The van der Waals surface area contributed by atoms with E-state index in [0.717, 1.165) is 36.5 Å². The maximum absolute atomic E-state index is 11.6. The molecule has 0 aromatic carbocycles. The average Bonchev–Trinajstić information content (AvgIpc) is 3.25. The van der Waals surface area contributed by atoms with Crippen molar-refractivity contribution in [2.45, 2.75) is 45.3 Å². The van der Waals surface area contributed by atoms with Crippen LogP contribution in [0.4, 0.5) is 0 Å². The monoisotopic (exact) mass is 349 g/mol. The number of allylic oxidation sites excluding steroid dienone is 2. The van der Waals surface area contributed by atoms with Crippen LogP contribution >= 0.6 is 11.3 Å². The fourth-order valence-corrected chi connectivity index (χ4v) is 3.87. The molecule has 1 N–H and O–H groups in total. The molecule has 24 heavy (non-hydrogen) atoms. The predicted octanol–water partition coefficient (Wildman–Crippen LogP) is 3.31. The number of carboxylic acid groups (broad SMARTS) is 1. The summed E-state index contributed by atoms with van der Waals surface area (Å²) < 4.78 is 11.6. The minimum Gasteiger partial charge on any atom is -0.478 e. The second-order valence-corrected chi connectivity index (χ2v) is 7.35. The minimum atomic E-state index is -0.897. The standard InChI is InChI=1S/C18H23NO4S/c1-3-14-9-19-17(24-14)12-7-15(18(20)21)11(2)16(8-12)23-10-13-5-4-6-22-13/h7-9,11,13,16H,3-6,10H2,1-2H3,(H,20,21). The number of hydrogen-bond acceptors (Lipinski definition) is 5. The predicted molar refractivity (Wildman–Crippen MR) is 93.1 cm³/mol. The molecule has 0 spiro atoms. The summed E-state index contributed by atoms with van der Waals surface area (Å²) in [5.74, 6) is -1.09. The number of aliphatic carboxylic acids is 1. The number of carboxylic acids is 1. The zero-order valence-electron chi connectivity index (χ0n) is 14.0. The van der Waals surface area contributed by atoms with E-state index in [2.05, 4.69) is 11.9 Å². The molecule has 2 heterocycles. The van der Waals surface area contributed by atoms with E-state index in [4.69, 9.17) is 9.47 Å². The molecule has 6 heteroatoms. The van der Waals surface area contributed by atoms with Crippen LogP contribution in [0.2, 0.25) is 0 Å². The Morgan fingerprint density at radius 3 is 3.00 bits per heavy atom. The first kappa shape index (κ1) is 17.3. The van der Waals surface area contributed by atoms with Crippen LogP contribution in [0.3, 0.4) is 0 Å². The van der Waals surface area contributed by atoms with Gasteiger partial charge in [-0.15, -0.1) is 11.3 Å². The van der Waals surface area contributed by atoms with Gasteiger partial charge in [-0.25, -0.2) is 9.78 Å². The SMILES string of the molecule is CCc1cnc(C2=CC(OCC3CCCO3)C(C)C(C(=O)O)=C2)s1. The maximum atomic E-state index is 11.6. The molecule has 0 saturated carbocycles. The summed E-state index contributed by atoms with van der Waals surface area (Å²) in [5, 5.41) is 10.4. The average molecular weight is 349 g/mol. The van der Waals surface area contributed by atoms with E-state index in [1.807, 2.05) is 19.2 Å². The van der Waals surface area contributed by atoms with Crippen molar-refractivity contribution < 1.29 is 19.4 Å². The lowest BCUT2D eigenvalue weighted by Gasteiger charge is -2.27. The molecule has 1 aliphatic carbocycles. The first-order valence-corrected chi connectivity index (χ1v) is 9.25. The van der Waals surface area contributed by atoms with Crippen molar-refractivity contribution in [2.75, 3.05) is 13.2 Å². The Morgan fingerprint density at radius 2 is 2.38 bits per heavy atom. The number of ether oxygens (including phenoxy) is 2. The summed E-state index contributed by atoms with van der Waals surface area (Å²) >= 11 is 1.60. The normalized spacial score (nSPS) is 27.0. The van der Waals surface area contributed by atoms with Gasteiger partial charge in [0, 0.05) is 34.7 Å². The fraction of sp³-hybridized carbons (Fsp3) is 0.556. The fourth-order valence-electron chi connectivity index (χ4n) is 3.03. The van der Waals surface area contributed by atoms with E-state index in [1.54, 1.807) is 17.4 Å². The van der Waals surface area contributed by atoms with Crippen molar-refractivity contribution in [2.24, 2.45) is 5.92 Å². The first-order chi connectivity index (χ1) is 11.6. The Morgan fingerprint density at radius 1 is 1.54 bits per heavy atom. The zero-order valence-corrected chi connectivity index (χ0v) is 14.8. The molecule has 3 unspecified atom stereocenters. The van der Waals surface area contributed by atoms with Crippen LogP contribution in [0.1, 0.15) is 36.6 Å². The van der Waals surface area contributed by atoms with Crippen LogP contribution in [-0.2, 0) is 20.7 Å². The summed E-state index contributed by atoms with van der Waals surface area (Å²) in [5.41, 5.74) is 1.21. The molecular weight excluding hydrogens is 326 g/mol. The Labute approximate surface area is 146 Å². The minimum absolute atomic E-state index is 0.125. The highest BCUT2D eigenvalue weighted by atomic mass is 32.1. The van der Waals surface area contributed by atoms with Gasteiger partial charge in [0.1, 0.15) is 5.01 Å². The maximum Gasteiger partial charge on any atom is 0.331 e. The van der Waals surface area contributed by atoms with Gasteiger partial charge >= 0.3 is 5.97 Å². The largest absolute Gasteiger partial charge is 0.478 e. The van der Waals surface area contributed by atoms with Crippen molar-refractivity contribution in [3.63, 3.8) is 0 Å². The van der Waals surface area contributed by atoms with Gasteiger partial charge in [0.2, 0.25) is 0 Å². The summed E-state index contributed by atoms with van der Waals surface area (Å²) in [4.78, 5) is 17.2. The van der Waals surface area contributed by atoms with Gasteiger partial charge in [0.05, 0.1) is 18.8 Å². The second-order valence-electron chi connectivity index (χ2n) is 6.23. The molecule has 130 valence electrons. The number of carbonyl (C=O) groups is 1. The Bertz CT molecular complexity index is 658. The summed E-state index contributed by atoms with van der Waals surface area (Å²) in [7, 11) is 0. The van der Waals surface area contributed by atoms with E-state index in [1.165, 1.54) is 4.88 Å². The van der Waals surface area contributed by atoms with Crippen LogP contribution in [-0.4, -0.2) is 41.5 Å². The van der Waals surface area contributed by atoms with Gasteiger partial charge < -0.3 is 14.6 Å². The lowest BCUT2D eigenvalue weighted by atomic mass is 9.87. The molecule has 0 bridgehead atoms. The molecule has 0 radical (unpaired) electrons. The highest BCUT2D eigenvalue weighted by Crippen LogP contribution is 2.33.